The summed E-state index contributed by atoms with van der Waals surface area (Å²) in [5.74, 6) is 0.130. The molecule has 5 heteroatoms. The summed E-state index contributed by atoms with van der Waals surface area (Å²) in [5.41, 5.74) is 1.17. The fourth-order valence-electron chi connectivity index (χ4n) is 1.76. The average molecular weight is 283 g/mol. The molecule has 0 aliphatic heterocycles. The number of esters is 1. The molecule has 0 amide bonds. The van der Waals surface area contributed by atoms with Crippen molar-refractivity contribution in [2.75, 3.05) is 12.9 Å². The fourth-order valence-corrected chi connectivity index (χ4v) is 3.03. The van der Waals surface area contributed by atoms with E-state index in [2.05, 4.69) is 18.6 Å². The van der Waals surface area contributed by atoms with Crippen LogP contribution in [0.25, 0.3) is 0 Å². The van der Waals surface area contributed by atoms with Crippen LogP contribution in [0, 0.1) is 10.7 Å². The average Bonchev–Trinajstić information content (AvgIpc) is 2.36. The highest BCUT2D eigenvalue weighted by atomic mass is 32.2. The normalized spacial score (nSPS) is 14.1. The number of hydrogen-bond donors (Lipinski definition) is 1. The van der Waals surface area contributed by atoms with Crippen molar-refractivity contribution in [3.05, 3.63) is 29.8 Å². The number of benzene rings is 1. The van der Waals surface area contributed by atoms with Crippen LogP contribution in [0.5, 0.6) is 0 Å². The smallest absolute Gasteiger partial charge is 0.306 e. The maximum atomic E-state index is 12.2. The number of carbonyl (C=O) groups excluding carboxylic acids is 1. The lowest BCUT2D eigenvalue weighted by atomic mass is 10.0. The lowest BCUT2D eigenvalue weighted by molar-refractivity contribution is -0.140. The van der Waals surface area contributed by atoms with E-state index in [1.54, 1.807) is 12.1 Å². The summed E-state index contributed by atoms with van der Waals surface area (Å²) in [7, 11) is -1.62. The molecule has 1 unspecified atom stereocenters. The Kier molecular flexibility index (Phi) is 5.54. The molecule has 0 radical (unpaired) electrons. The first-order valence-corrected chi connectivity index (χ1v) is 8.00. The Morgan fingerprint density at radius 3 is 2.37 bits per heavy atom. The van der Waals surface area contributed by atoms with Gasteiger partial charge in [-0.1, -0.05) is 26.0 Å². The molecule has 0 bridgehead atoms. The summed E-state index contributed by atoms with van der Waals surface area (Å²) in [4.78, 5) is 11.5. The molecular formula is C14H21NO3S. The number of rotatable bonds is 6. The van der Waals surface area contributed by atoms with Crippen molar-refractivity contribution in [1.29, 1.82) is 4.78 Å². The number of carbonyl (C=O) groups is 1. The zero-order valence-corrected chi connectivity index (χ0v) is 12.5. The zero-order chi connectivity index (χ0) is 14.5. The van der Waals surface area contributed by atoms with Crippen LogP contribution in [0.15, 0.2) is 29.2 Å². The highest BCUT2D eigenvalue weighted by Crippen LogP contribution is 2.16. The van der Waals surface area contributed by atoms with Crippen LogP contribution in [0.1, 0.15) is 25.8 Å². The van der Waals surface area contributed by atoms with Gasteiger partial charge in [-0.25, -0.2) is 8.99 Å². The second-order valence-corrected chi connectivity index (χ2v) is 7.18. The molecule has 1 aromatic rings. The van der Waals surface area contributed by atoms with Crippen molar-refractivity contribution < 1.29 is 13.7 Å². The van der Waals surface area contributed by atoms with Gasteiger partial charge in [0.05, 0.1) is 23.3 Å². The van der Waals surface area contributed by atoms with Crippen LogP contribution in [-0.2, 0) is 25.7 Å². The summed E-state index contributed by atoms with van der Waals surface area (Å²) in [6.45, 7) is 4.27. The quantitative estimate of drug-likeness (QED) is 0.816. The van der Waals surface area contributed by atoms with Crippen molar-refractivity contribution in [3.8, 4) is 0 Å². The molecule has 1 aromatic carbocycles. The molecule has 0 saturated heterocycles. The maximum absolute atomic E-state index is 12.2. The van der Waals surface area contributed by atoms with Gasteiger partial charge in [0.1, 0.15) is 0 Å². The third-order valence-corrected chi connectivity index (χ3v) is 4.58. The minimum Gasteiger partial charge on any atom is -0.469 e. The van der Waals surface area contributed by atoms with E-state index in [4.69, 9.17) is 4.78 Å². The molecule has 1 atom stereocenters. The standard InChI is InChI=1S/C14H21NO3S/c1-11(2)10-12-4-6-13(7-5-12)19(15,17)9-8-14(16)18-3/h4-7,11,15H,8-10H2,1-3H3. The Morgan fingerprint density at radius 1 is 1.32 bits per heavy atom. The molecule has 1 N–H and O–H groups in total. The molecular weight excluding hydrogens is 262 g/mol. The predicted octanol–water partition coefficient (Wildman–Crippen LogP) is 2.85. The summed E-state index contributed by atoms with van der Waals surface area (Å²) >= 11 is 0. The second kappa shape index (κ2) is 6.70. The van der Waals surface area contributed by atoms with E-state index in [1.807, 2.05) is 12.1 Å². The summed E-state index contributed by atoms with van der Waals surface area (Å²) in [5, 5.41) is 0. The monoisotopic (exact) mass is 283 g/mol. The number of hydrogen-bond acceptors (Lipinski definition) is 4. The predicted molar refractivity (Wildman–Crippen MR) is 75.6 cm³/mol. The van der Waals surface area contributed by atoms with Gasteiger partial charge in [0, 0.05) is 10.6 Å². The van der Waals surface area contributed by atoms with Gasteiger partial charge < -0.3 is 4.74 Å². The number of methoxy groups -OCH3 is 1. The molecule has 0 saturated carbocycles. The molecule has 0 heterocycles. The Hall–Kier alpha value is -1.36. The van der Waals surface area contributed by atoms with E-state index in [0.717, 1.165) is 6.42 Å². The molecule has 106 valence electrons. The van der Waals surface area contributed by atoms with Crippen molar-refractivity contribution in [1.82, 2.24) is 0 Å². The molecule has 4 nitrogen and oxygen atoms in total. The van der Waals surface area contributed by atoms with Gasteiger partial charge in [0.2, 0.25) is 0 Å². The van der Waals surface area contributed by atoms with Crippen molar-refractivity contribution in [3.63, 3.8) is 0 Å². The van der Waals surface area contributed by atoms with Gasteiger partial charge in [0.15, 0.2) is 0 Å². The van der Waals surface area contributed by atoms with E-state index >= 15 is 0 Å². The van der Waals surface area contributed by atoms with Crippen LogP contribution in [0.4, 0.5) is 0 Å². The molecule has 0 aliphatic rings. The zero-order valence-electron chi connectivity index (χ0n) is 11.6. The van der Waals surface area contributed by atoms with E-state index in [1.165, 1.54) is 12.7 Å². The largest absolute Gasteiger partial charge is 0.469 e. The maximum Gasteiger partial charge on any atom is 0.306 e. The minimum absolute atomic E-state index is 0.00318. The topological polar surface area (TPSA) is 67.2 Å². The Bertz CT molecular complexity index is 518. The van der Waals surface area contributed by atoms with Gasteiger partial charge >= 0.3 is 5.97 Å². The van der Waals surface area contributed by atoms with E-state index in [0.29, 0.717) is 10.8 Å². The molecule has 0 fully saturated rings. The van der Waals surface area contributed by atoms with E-state index < -0.39 is 15.7 Å². The highest BCUT2D eigenvalue weighted by molar-refractivity contribution is 7.92. The minimum atomic E-state index is -2.91. The van der Waals surface area contributed by atoms with Crippen molar-refractivity contribution >= 4 is 15.7 Å². The number of nitrogens with one attached hydrogen (secondary N) is 1. The van der Waals surface area contributed by atoms with Crippen molar-refractivity contribution in [2.45, 2.75) is 31.6 Å². The van der Waals surface area contributed by atoms with Gasteiger partial charge in [-0.15, -0.1) is 0 Å². The Balaban J connectivity index is 2.76. The third-order valence-electron chi connectivity index (χ3n) is 2.77. The molecule has 0 spiro atoms. The fraction of sp³-hybridized carbons (Fsp3) is 0.500. The van der Waals surface area contributed by atoms with Crippen LogP contribution < -0.4 is 0 Å². The van der Waals surface area contributed by atoms with Crippen LogP contribution in [0.3, 0.4) is 0 Å². The first-order valence-electron chi connectivity index (χ1n) is 6.27. The van der Waals surface area contributed by atoms with Gasteiger partial charge in [-0.2, -0.15) is 0 Å². The Morgan fingerprint density at radius 2 is 1.89 bits per heavy atom. The van der Waals surface area contributed by atoms with Crippen LogP contribution in [-0.4, -0.2) is 23.0 Å². The number of ether oxygens (including phenoxy) is 1. The van der Waals surface area contributed by atoms with Crippen LogP contribution in [0.2, 0.25) is 0 Å². The highest BCUT2D eigenvalue weighted by Gasteiger charge is 2.13. The summed E-state index contributed by atoms with van der Waals surface area (Å²) < 4.78 is 24.6. The Labute approximate surface area is 115 Å². The summed E-state index contributed by atoms with van der Waals surface area (Å²) in [6.07, 6.45) is 0.966. The lowest BCUT2D eigenvalue weighted by Crippen LogP contribution is -2.11. The lowest BCUT2D eigenvalue weighted by Gasteiger charge is -2.09. The molecule has 0 aromatic heterocycles. The van der Waals surface area contributed by atoms with E-state index in [9.17, 15) is 9.00 Å². The SMILES string of the molecule is COC(=O)CCS(=N)(=O)c1ccc(CC(C)C)cc1. The first kappa shape index (κ1) is 15.7. The van der Waals surface area contributed by atoms with Gasteiger partial charge in [-0.05, 0) is 30.0 Å². The third kappa shape index (κ3) is 5.03. The first-order chi connectivity index (χ1) is 8.85. The van der Waals surface area contributed by atoms with E-state index in [-0.39, 0.29) is 12.2 Å². The molecule has 0 aliphatic carbocycles. The second-order valence-electron chi connectivity index (χ2n) is 4.95. The van der Waals surface area contributed by atoms with Crippen molar-refractivity contribution in [2.24, 2.45) is 5.92 Å². The molecule has 19 heavy (non-hydrogen) atoms. The van der Waals surface area contributed by atoms with Gasteiger partial charge in [0.25, 0.3) is 0 Å². The van der Waals surface area contributed by atoms with Gasteiger partial charge in [-0.3, -0.25) is 4.79 Å². The summed E-state index contributed by atoms with van der Waals surface area (Å²) in [6, 6.07) is 7.26. The van der Waals surface area contributed by atoms with Crippen LogP contribution >= 0.6 is 0 Å². The molecule has 1 rings (SSSR count).